The molecule has 0 bridgehead atoms. The van der Waals surface area contributed by atoms with Crippen molar-refractivity contribution < 1.29 is 14.6 Å². The normalized spacial score (nSPS) is 28.9. The molecule has 15 heavy (non-hydrogen) atoms. The van der Waals surface area contributed by atoms with E-state index in [4.69, 9.17) is 4.74 Å². The van der Waals surface area contributed by atoms with Crippen molar-refractivity contribution in [2.75, 3.05) is 0 Å². The molecule has 0 radical (unpaired) electrons. The third kappa shape index (κ3) is 3.58. The number of ketones is 1. The summed E-state index contributed by atoms with van der Waals surface area (Å²) in [7, 11) is 0. The largest absolute Gasteiger partial charge is 0.391 e. The fourth-order valence-corrected chi connectivity index (χ4v) is 2.12. The number of hydrogen-bond donors (Lipinski definition) is 1. The lowest BCUT2D eigenvalue weighted by atomic mass is 9.86. The van der Waals surface area contributed by atoms with Gasteiger partial charge in [0.25, 0.3) is 0 Å². The molecule has 0 amide bonds. The Balaban J connectivity index is 2.42. The molecule has 1 N–H and O–H groups in total. The van der Waals surface area contributed by atoms with E-state index in [-0.39, 0.29) is 18.0 Å². The molecule has 0 aliphatic carbocycles. The van der Waals surface area contributed by atoms with Crippen molar-refractivity contribution in [1.82, 2.24) is 0 Å². The van der Waals surface area contributed by atoms with Gasteiger partial charge >= 0.3 is 0 Å². The quantitative estimate of drug-likeness (QED) is 0.686. The van der Waals surface area contributed by atoms with E-state index >= 15 is 0 Å². The summed E-state index contributed by atoms with van der Waals surface area (Å²) in [6.45, 7) is 7.67. The number of aliphatic hydroxyl groups excluding tert-OH is 1. The molecule has 1 saturated heterocycles. The Bertz CT molecular complexity index is 223. The van der Waals surface area contributed by atoms with E-state index in [9.17, 15) is 9.90 Å². The Morgan fingerprint density at radius 2 is 1.93 bits per heavy atom. The first-order valence-electron chi connectivity index (χ1n) is 5.76. The second-order valence-corrected chi connectivity index (χ2v) is 4.95. The molecule has 0 saturated carbocycles. The second kappa shape index (κ2) is 5.08. The van der Waals surface area contributed by atoms with E-state index in [2.05, 4.69) is 13.8 Å². The van der Waals surface area contributed by atoms with Crippen LogP contribution in [0.25, 0.3) is 0 Å². The minimum absolute atomic E-state index is 0.00985. The predicted molar refractivity (Wildman–Crippen MR) is 58.6 cm³/mol. The number of carbonyl (C=O) groups excluding carboxylic acids is 1. The standard InChI is InChI=1S/C12H22O3/c1-7(2)10(6-5-8(3)13)12-11(15-12)9(4)14/h7,9-12,14H,5-6H2,1-4H3. The fourth-order valence-electron chi connectivity index (χ4n) is 2.12. The topological polar surface area (TPSA) is 49.8 Å². The van der Waals surface area contributed by atoms with Gasteiger partial charge in [-0.15, -0.1) is 0 Å². The molecule has 4 unspecified atom stereocenters. The zero-order chi connectivity index (χ0) is 11.6. The third-order valence-corrected chi connectivity index (χ3v) is 3.14. The molecule has 4 atom stereocenters. The van der Waals surface area contributed by atoms with Crippen molar-refractivity contribution in [3.63, 3.8) is 0 Å². The molecule has 1 aliphatic heterocycles. The Morgan fingerprint density at radius 3 is 2.27 bits per heavy atom. The zero-order valence-electron chi connectivity index (χ0n) is 10.1. The van der Waals surface area contributed by atoms with Crippen LogP contribution in [0.2, 0.25) is 0 Å². The molecular weight excluding hydrogens is 192 g/mol. The van der Waals surface area contributed by atoms with Crippen LogP contribution in [0.15, 0.2) is 0 Å². The summed E-state index contributed by atoms with van der Waals surface area (Å²) in [5, 5.41) is 9.38. The highest BCUT2D eigenvalue weighted by Crippen LogP contribution is 2.38. The van der Waals surface area contributed by atoms with Gasteiger partial charge in [0.15, 0.2) is 0 Å². The number of Topliss-reactive ketones (excluding diaryl/α,β-unsaturated/α-hetero) is 1. The van der Waals surface area contributed by atoms with E-state index in [1.54, 1.807) is 13.8 Å². The van der Waals surface area contributed by atoms with Gasteiger partial charge in [-0.05, 0) is 32.1 Å². The molecule has 1 aliphatic rings. The van der Waals surface area contributed by atoms with E-state index in [0.29, 0.717) is 18.3 Å². The lowest BCUT2D eigenvalue weighted by Crippen LogP contribution is -2.22. The van der Waals surface area contributed by atoms with Crippen molar-refractivity contribution in [3.8, 4) is 0 Å². The highest BCUT2D eigenvalue weighted by molar-refractivity contribution is 5.75. The smallest absolute Gasteiger partial charge is 0.129 e. The SMILES string of the molecule is CC(=O)CCC(C(C)C)C1OC1C(C)O. The average molecular weight is 214 g/mol. The van der Waals surface area contributed by atoms with Crippen LogP contribution in [-0.4, -0.2) is 29.2 Å². The number of aliphatic hydroxyl groups is 1. The maximum absolute atomic E-state index is 10.9. The maximum Gasteiger partial charge on any atom is 0.129 e. The molecule has 0 aromatic carbocycles. The van der Waals surface area contributed by atoms with Gasteiger partial charge in [-0.2, -0.15) is 0 Å². The van der Waals surface area contributed by atoms with Crippen LogP contribution < -0.4 is 0 Å². The highest BCUT2D eigenvalue weighted by Gasteiger charge is 2.48. The van der Waals surface area contributed by atoms with Crippen LogP contribution in [-0.2, 0) is 9.53 Å². The first-order valence-corrected chi connectivity index (χ1v) is 5.76. The molecule has 1 heterocycles. The van der Waals surface area contributed by atoms with Crippen molar-refractivity contribution >= 4 is 5.78 Å². The predicted octanol–water partition coefficient (Wildman–Crippen LogP) is 1.78. The lowest BCUT2D eigenvalue weighted by Gasteiger charge is -2.18. The van der Waals surface area contributed by atoms with Gasteiger partial charge in [0, 0.05) is 6.42 Å². The molecule has 0 aromatic heterocycles. The molecule has 3 heteroatoms. The lowest BCUT2D eigenvalue weighted by molar-refractivity contribution is -0.117. The average Bonchev–Trinajstić information content (AvgIpc) is 2.83. The summed E-state index contributed by atoms with van der Waals surface area (Å²) in [4.78, 5) is 10.9. The van der Waals surface area contributed by atoms with E-state index in [1.165, 1.54) is 0 Å². The van der Waals surface area contributed by atoms with Gasteiger partial charge in [-0.3, -0.25) is 0 Å². The maximum atomic E-state index is 10.9. The number of epoxide rings is 1. The highest BCUT2D eigenvalue weighted by atomic mass is 16.6. The minimum Gasteiger partial charge on any atom is -0.391 e. The van der Waals surface area contributed by atoms with Crippen LogP contribution in [0.4, 0.5) is 0 Å². The molecule has 88 valence electrons. The summed E-state index contributed by atoms with van der Waals surface area (Å²) in [6, 6.07) is 0. The number of hydrogen-bond acceptors (Lipinski definition) is 3. The molecular formula is C12H22O3. The van der Waals surface area contributed by atoms with Gasteiger partial charge in [0.2, 0.25) is 0 Å². The van der Waals surface area contributed by atoms with Crippen molar-refractivity contribution in [2.45, 2.75) is 58.8 Å². The monoisotopic (exact) mass is 214 g/mol. The van der Waals surface area contributed by atoms with Crippen LogP contribution in [0.5, 0.6) is 0 Å². The number of ether oxygens (including phenoxy) is 1. The van der Waals surface area contributed by atoms with Gasteiger partial charge in [0.05, 0.1) is 12.2 Å². The van der Waals surface area contributed by atoms with E-state index < -0.39 is 6.10 Å². The molecule has 0 spiro atoms. The number of carbonyl (C=O) groups is 1. The Labute approximate surface area is 91.8 Å². The van der Waals surface area contributed by atoms with Gasteiger partial charge in [-0.25, -0.2) is 0 Å². The molecule has 1 rings (SSSR count). The van der Waals surface area contributed by atoms with Gasteiger partial charge in [0.1, 0.15) is 11.9 Å². The zero-order valence-corrected chi connectivity index (χ0v) is 10.1. The first kappa shape index (κ1) is 12.7. The minimum atomic E-state index is -0.395. The van der Waals surface area contributed by atoms with Crippen LogP contribution in [0, 0.1) is 11.8 Å². The molecule has 3 nitrogen and oxygen atoms in total. The Kier molecular flexibility index (Phi) is 4.29. The van der Waals surface area contributed by atoms with Crippen molar-refractivity contribution in [3.05, 3.63) is 0 Å². The molecule has 1 fully saturated rings. The van der Waals surface area contributed by atoms with E-state index in [0.717, 1.165) is 6.42 Å². The van der Waals surface area contributed by atoms with Crippen LogP contribution in [0.1, 0.15) is 40.5 Å². The molecule has 0 aromatic rings. The fraction of sp³-hybridized carbons (Fsp3) is 0.917. The summed E-state index contributed by atoms with van der Waals surface area (Å²) in [5.74, 6) is 1.13. The Hall–Kier alpha value is -0.410. The summed E-state index contributed by atoms with van der Waals surface area (Å²) >= 11 is 0. The number of rotatable bonds is 6. The van der Waals surface area contributed by atoms with Crippen LogP contribution >= 0.6 is 0 Å². The van der Waals surface area contributed by atoms with Gasteiger partial charge in [-0.1, -0.05) is 13.8 Å². The summed E-state index contributed by atoms with van der Waals surface area (Å²) in [5.41, 5.74) is 0. The van der Waals surface area contributed by atoms with Crippen molar-refractivity contribution in [2.24, 2.45) is 11.8 Å². The van der Waals surface area contributed by atoms with Crippen LogP contribution in [0.3, 0.4) is 0 Å². The Morgan fingerprint density at radius 1 is 1.33 bits per heavy atom. The third-order valence-electron chi connectivity index (χ3n) is 3.14. The van der Waals surface area contributed by atoms with Gasteiger partial charge < -0.3 is 14.6 Å². The van der Waals surface area contributed by atoms with Crippen molar-refractivity contribution in [1.29, 1.82) is 0 Å². The summed E-state index contributed by atoms with van der Waals surface area (Å²) in [6.07, 6.45) is 1.25. The second-order valence-electron chi connectivity index (χ2n) is 4.95. The first-order chi connectivity index (χ1) is 6.93. The summed E-state index contributed by atoms with van der Waals surface area (Å²) < 4.78 is 5.47. The van der Waals surface area contributed by atoms with E-state index in [1.807, 2.05) is 0 Å².